The molecule has 0 bridgehead atoms. The van der Waals surface area contributed by atoms with E-state index in [1.54, 1.807) is 15.8 Å². The lowest BCUT2D eigenvalue weighted by atomic mass is 10.1. The number of benzene rings is 2. The molecule has 0 aliphatic carbocycles. The average Bonchev–Trinajstić information content (AvgIpc) is 3.73. The van der Waals surface area contributed by atoms with Gasteiger partial charge < -0.3 is 15.2 Å². The van der Waals surface area contributed by atoms with E-state index in [9.17, 15) is 9.59 Å². The summed E-state index contributed by atoms with van der Waals surface area (Å²) in [4.78, 5) is 41.0. The second-order valence-electron chi connectivity index (χ2n) is 12.0. The van der Waals surface area contributed by atoms with Gasteiger partial charge in [0.25, 0.3) is 0 Å². The minimum Gasteiger partial charge on any atom is -0.424 e. The van der Waals surface area contributed by atoms with Crippen LogP contribution in [0.15, 0.2) is 73.2 Å². The number of aromatic nitrogens is 5. The topological polar surface area (TPSA) is 147 Å². The molecule has 0 spiro atoms. The molecule has 6 rings (SSSR count). The highest BCUT2D eigenvalue weighted by Crippen LogP contribution is 2.34. The predicted octanol–water partition coefficient (Wildman–Crippen LogP) is 6.86. The number of urea groups is 1. The number of hydrogen-bond acceptors (Lipinski definition) is 9. The van der Waals surface area contributed by atoms with Gasteiger partial charge in [0.05, 0.1) is 34.3 Å². The molecule has 48 heavy (non-hydrogen) atoms. The van der Waals surface area contributed by atoms with Crippen molar-refractivity contribution < 1.29 is 19.4 Å². The van der Waals surface area contributed by atoms with Gasteiger partial charge in [-0.2, -0.15) is 5.10 Å². The Bertz CT molecular complexity index is 1840. The second kappa shape index (κ2) is 15.2. The number of anilines is 3. The molecule has 12 nitrogen and oxygen atoms in total. The van der Waals surface area contributed by atoms with Crippen molar-refractivity contribution in [1.82, 2.24) is 24.7 Å². The van der Waals surface area contributed by atoms with Crippen LogP contribution in [0.2, 0.25) is 0 Å². The summed E-state index contributed by atoms with van der Waals surface area (Å²) in [5.41, 5.74) is 4.17. The van der Waals surface area contributed by atoms with Crippen LogP contribution in [0, 0.1) is 5.92 Å². The Morgan fingerprint density at radius 2 is 1.77 bits per heavy atom. The maximum atomic E-state index is 13.0. The summed E-state index contributed by atoms with van der Waals surface area (Å²) < 4.78 is 7.55. The fourth-order valence-corrected chi connectivity index (χ4v) is 6.32. The molecule has 4 heterocycles. The summed E-state index contributed by atoms with van der Waals surface area (Å²) in [6.07, 6.45) is 9.51. The predicted molar refractivity (Wildman–Crippen MR) is 186 cm³/mol. The van der Waals surface area contributed by atoms with Crippen LogP contribution in [-0.4, -0.2) is 54.9 Å². The van der Waals surface area contributed by atoms with E-state index in [0.29, 0.717) is 42.6 Å². The van der Waals surface area contributed by atoms with Crippen molar-refractivity contribution in [2.75, 3.05) is 28.7 Å². The summed E-state index contributed by atoms with van der Waals surface area (Å²) in [5, 5.41) is 20.3. The number of thiazole rings is 1. The van der Waals surface area contributed by atoms with Crippen molar-refractivity contribution in [2.24, 2.45) is 5.92 Å². The molecule has 1 aliphatic rings. The van der Waals surface area contributed by atoms with E-state index in [2.05, 4.69) is 39.4 Å². The molecule has 3 aromatic heterocycles. The average molecular weight is 667 g/mol. The Kier molecular flexibility index (Phi) is 10.4. The van der Waals surface area contributed by atoms with E-state index in [-0.39, 0.29) is 18.5 Å². The number of nitrogens with zero attached hydrogens (tertiary/aromatic N) is 6. The van der Waals surface area contributed by atoms with Gasteiger partial charge in [-0.05, 0) is 85.5 Å². The largest absolute Gasteiger partial charge is 0.424 e. The quantitative estimate of drug-likeness (QED) is 0.131. The van der Waals surface area contributed by atoms with Crippen LogP contribution < -0.4 is 20.3 Å². The lowest BCUT2D eigenvalue weighted by Crippen LogP contribution is -2.34. The van der Waals surface area contributed by atoms with Crippen molar-refractivity contribution in [3.05, 3.63) is 84.4 Å². The van der Waals surface area contributed by atoms with Gasteiger partial charge in [0, 0.05) is 31.8 Å². The van der Waals surface area contributed by atoms with Crippen molar-refractivity contribution >= 4 is 39.9 Å². The molecule has 0 unspecified atom stereocenters. The fraction of sp³-hybridized carbons (Fsp3) is 0.314. The molecule has 13 heteroatoms. The van der Waals surface area contributed by atoms with Gasteiger partial charge in [-0.15, -0.1) is 0 Å². The summed E-state index contributed by atoms with van der Waals surface area (Å²) in [7, 11) is 0. The Labute approximate surface area is 282 Å². The Morgan fingerprint density at radius 3 is 2.48 bits per heavy atom. The van der Waals surface area contributed by atoms with Crippen molar-refractivity contribution in [1.29, 1.82) is 0 Å². The zero-order valence-corrected chi connectivity index (χ0v) is 27.7. The first kappa shape index (κ1) is 32.8. The van der Waals surface area contributed by atoms with Crippen molar-refractivity contribution in [3.63, 3.8) is 0 Å². The van der Waals surface area contributed by atoms with Gasteiger partial charge in [0.1, 0.15) is 11.6 Å². The first-order valence-electron chi connectivity index (χ1n) is 16.1. The highest BCUT2D eigenvalue weighted by molar-refractivity contribution is 7.19. The van der Waals surface area contributed by atoms with E-state index in [1.165, 1.54) is 23.7 Å². The number of carbonyl (C=O) groups is 2. The first-order valence-corrected chi connectivity index (χ1v) is 16.9. The summed E-state index contributed by atoms with van der Waals surface area (Å²) in [6, 6.07) is 17.0. The highest BCUT2D eigenvalue weighted by atomic mass is 32.1. The van der Waals surface area contributed by atoms with Crippen LogP contribution >= 0.6 is 11.3 Å². The molecule has 5 aromatic rings. The maximum Gasteiger partial charge on any atom is 0.324 e. The molecule has 1 saturated heterocycles. The molecule has 0 atom stereocenters. The summed E-state index contributed by atoms with van der Waals surface area (Å²) >= 11 is 1.50. The standard InChI is InChI=1S/C35H38N8O4S/c1-23(2)18-26-19-31(43(41-26)28-12-8-24(9-13-28)6-5-17-44)40-33(46)39-27-20-36-34(37-21-27)47-29-14-10-25(11-15-29)30-22-38-35(48-30)42-16-4-3-7-32(42)45/h8-15,19-23,44H,3-7,16-18H2,1-2H3,(H2,39,40,46). The van der Waals surface area contributed by atoms with Crippen LogP contribution in [0.25, 0.3) is 16.1 Å². The molecule has 1 aliphatic heterocycles. The number of rotatable bonds is 12. The van der Waals surface area contributed by atoms with Gasteiger partial charge >= 0.3 is 12.0 Å². The molecule has 248 valence electrons. The molecular weight excluding hydrogens is 629 g/mol. The fourth-order valence-electron chi connectivity index (χ4n) is 5.36. The van der Waals surface area contributed by atoms with Crippen LogP contribution in [0.4, 0.5) is 21.4 Å². The molecule has 3 N–H and O–H groups in total. The maximum absolute atomic E-state index is 13.0. The van der Waals surface area contributed by atoms with Crippen molar-refractivity contribution in [2.45, 2.75) is 52.4 Å². The van der Waals surface area contributed by atoms with E-state index in [4.69, 9.17) is 14.9 Å². The molecule has 1 fully saturated rings. The number of nitrogens with one attached hydrogen (secondary N) is 2. The Hall–Kier alpha value is -5.14. The number of piperidine rings is 1. The Morgan fingerprint density at radius 1 is 1.00 bits per heavy atom. The van der Waals surface area contributed by atoms with Crippen LogP contribution in [-0.2, 0) is 17.6 Å². The summed E-state index contributed by atoms with van der Waals surface area (Å²) in [5.74, 6) is 1.62. The van der Waals surface area contributed by atoms with Crippen LogP contribution in [0.3, 0.4) is 0 Å². The number of amides is 3. The second-order valence-corrected chi connectivity index (χ2v) is 13.0. The number of aliphatic hydroxyl groups is 1. The van der Waals surface area contributed by atoms with Crippen LogP contribution in [0.5, 0.6) is 11.8 Å². The van der Waals surface area contributed by atoms with Gasteiger partial charge in [-0.3, -0.25) is 15.0 Å². The summed E-state index contributed by atoms with van der Waals surface area (Å²) in [6.45, 7) is 5.11. The van der Waals surface area contributed by atoms with E-state index in [1.807, 2.05) is 54.6 Å². The molecular formula is C35H38N8O4S. The minimum atomic E-state index is -0.462. The highest BCUT2D eigenvalue weighted by Gasteiger charge is 2.22. The lowest BCUT2D eigenvalue weighted by Gasteiger charge is -2.23. The number of carbonyl (C=O) groups excluding carboxylic acids is 2. The first-order chi connectivity index (χ1) is 23.3. The van der Waals surface area contributed by atoms with Gasteiger partial charge in [0.15, 0.2) is 5.13 Å². The SMILES string of the molecule is CC(C)Cc1cc(NC(=O)Nc2cnc(Oc3ccc(-c4cnc(N5CCCCC5=O)s4)cc3)nc2)n(-c2ccc(CCCO)cc2)n1. The van der Waals surface area contributed by atoms with Gasteiger partial charge in [-0.25, -0.2) is 24.4 Å². The zero-order chi connectivity index (χ0) is 33.5. The monoisotopic (exact) mass is 666 g/mol. The third-order valence-corrected chi connectivity index (χ3v) is 8.77. The Balaban J connectivity index is 1.06. The molecule has 2 aromatic carbocycles. The van der Waals surface area contributed by atoms with E-state index >= 15 is 0 Å². The van der Waals surface area contributed by atoms with Crippen molar-refractivity contribution in [3.8, 4) is 27.9 Å². The smallest absolute Gasteiger partial charge is 0.324 e. The van der Waals surface area contributed by atoms with E-state index in [0.717, 1.165) is 58.2 Å². The lowest BCUT2D eigenvalue weighted by molar-refractivity contribution is -0.119. The van der Waals surface area contributed by atoms with Gasteiger partial charge in [0.2, 0.25) is 5.91 Å². The molecule has 0 saturated carbocycles. The third kappa shape index (κ3) is 8.22. The van der Waals surface area contributed by atoms with E-state index < -0.39 is 6.03 Å². The molecule has 3 amide bonds. The van der Waals surface area contributed by atoms with Crippen LogP contribution in [0.1, 0.15) is 50.8 Å². The minimum absolute atomic E-state index is 0.129. The molecule has 0 radical (unpaired) electrons. The zero-order valence-electron chi connectivity index (χ0n) is 26.9. The number of hydrogen-bond donors (Lipinski definition) is 3. The third-order valence-electron chi connectivity index (χ3n) is 7.71. The van der Waals surface area contributed by atoms with Gasteiger partial charge in [-0.1, -0.05) is 37.3 Å². The normalized spacial score (nSPS) is 13.2. The number of aryl methyl sites for hydroxylation is 1. The number of aliphatic hydroxyl groups excluding tert-OH is 1. The number of ether oxygens (including phenoxy) is 1.